The average molecular weight is 813 g/mol. The van der Waals surface area contributed by atoms with E-state index in [9.17, 15) is 14.4 Å². The SMILES string of the molecule is CC#CC#CC#CC#CC#CC#CC#CC#CC#CC#CC(=O)OCC(CNCCCCC(N)C(=O)OCC)OC(=O)C#CC#CC#CC#CC#CC#CC#CC#CC#CC#CC. The van der Waals surface area contributed by atoms with Crippen LogP contribution >= 0.6 is 0 Å². The van der Waals surface area contributed by atoms with Crippen molar-refractivity contribution in [3.63, 3.8) is 0 Å². The van der Waals surface area contributed by atoms with Crippen LogP contribution in [0.2, 0.25) is 0 Å². The normalized spacial score (nSPS) is 7.30. The summed E-state index contributed by atoms with van der Waals surface area (Å²) < 4.78 is 15.4. The molecule has 0 fully saturated rings. The Kier molecular flexibility index (Phi) is 35.6. The van der Waals surface area contributed by atoms with Gasteiger partial charge in [0.1, 0.15) is 18.8 Å². The Bertz CT molecular complexity index is 3080. The molecule has 0 bridgehead atoms. The van der Waals surface area contributed by atoms with Gasteiger partial charge in [0, 0.05) is 42.1 Å². The number of esters is 3. The molecule has 0 amide bonds. The van der Waals surface area contributed by atoms with Gasteiger partial charge >= 0.3 is 17.9 Å². The highest BCUT2D eigenvalue weighted by atomic mass is 16.6. The number of hydrogen-bond acceptors (Lipinski definition) is 8. The van der Waals surface area contributed by atoms with Crippen molar-refractivity contribution in [2.75, 3.05) is 26.3 Å². The molecule has 8 heteroatoms. The van der Waals surface area contributed by atoms with Crippen LogP contribution in [0, 0.1) is 237 Å². The van der Waals surface area contributed by atoms with Crippen LogP contribution in [0.25, 0.3) is 0 Å². The van der Waals surface area contributed by atoms with Crippen LogP contribution in [-0.2, 0) is 28.6 Å². The molecular weight excluding hydrogens is 785 g/mol. The number of carbonyl (C=O) groups excluding carboxylic acids is 3. The van der Waals surface area contributed by atoms with Crippen molar-refractivity contribution in [1.29, 1.82) is 0 Å². The number of unbranched alkanes of at least 4 members (excludes halogenated alkanes) is 1. The molecule has 0 saturated heterocycles. The molecule has 8 nitrogen and oxygen atoms in total. The van der Waals surface area contributed by atoms with Gasteiger partial charge in [0.25, 0.3) is 0 Å². The zero-order valence-corrected chi connectivity index (χ0v) is 34.1. The Morgan fingerprint density at radius 2 is 0.794 bits per heavy atom. The fraction of sp³-hybridized carbons (Fsp3) is 0.218. The van der Waals surface area contributed by atoms with Crippen LogP contribution < -0.4 is 11.1 Å². The predicted octanol–water partition coefficient (Wildman–Crippen LogP) is 0.200. The predicted molar refractivity (Wildman–Crippen MR) is 239 cm³/mol. The maximum Gasteiger partial charge on any atom is 0.385 e. The van der Waals surface area contributed by atoms with Crippen molar-refractivity contribution in [1.82, 2.24) is 5.32 Å². The summed E-state index contributed by atoms with van der Waals surface area (Å²) in [4.78, 5) is 36.3. The molecule has 0 heterocycles. The van der Waals surface area contributed by atoms with Crippen molar-refractivity contribution < 1.29 is 28.6 Å². The Balaban J connectivity index is 5.28. The minimum absolute atomic E-state index is 0.0954. The minimum atomic E-state index is -0.942. The number of ether oxygens (including phenoxy) is 3. The summed E-state index contributed by atoms with van der Waals surface area (Å²) in [6, 6.07) is -0.718. The fourth-order valence-corrected chi connectivity index (χ4v) is 3.05. The fourth-order valence-electron chi connectivity index (χ4n) is 3.05. The molecule has 0 radical (unpaired) electrons. The number of nitrogens with two attached hydrogens (primary N) is 1. The zero-order valence-electron chi connectivity index (χ0n) is 34.1. The quantitative estimate of drug-likeness (QED) is 0.0946. The molecule has 0 aromatic heterocycles. The molecule has 0 aliphatic rings. The van der Waals surface area contributed by atoms with Gasteiger partial charge in [-0.05, 0) is 230 Å². The average Bonchev–Trinajstić information content (AvgIpc) is 3.28. The third kappa shape index (κ3) is 39.6. The molecule has 0 rings (SSSR count). The lowest BCUT2D eigenvalue weighted by molar-refractivity contribution is -0.151. The van der Waals surface area contributed by atoms with Gasteiger partial charge in [-0.1, -0.05) is 18.3 Å². The van der Waals surface area contributed by atoms with Crippen LogP contribution in [0.5, 0.6) is 0 Å². The summed E-state index contributed by atoms with van der Waals surface area (Å²) in [5.74, 6) is 96.1. The molecule has 3 N–H and O–H groups in total. The van der Waals surface area contributed by atoms with Crippen molar-refractivity contribution in [2.45, 2.75) is 52.2 Å². The van der Waals surface area contributed by atoms with Crippen molar-refractivity contribution in [2.24, 2.45) is 5.73 Å². The van der Waals surface area contributed by atoms with Gasteiger partial charge in [-0.25, -0.2) is 9.59 Å². The molecule has 0 aliphatic carbocycles. The largest absolute Gasteiger partial charge is 0.465 e. The van der Waals surface area contributed by atoms with Crippen LogP contribution in [0.15, 0.2) is 0 Å². The highest BCUT2D eigenvalue weighted by Gasteiger charge is 2.16. The maximum absolute atomic E-state index is 12.4. The standard InChI is InChI=1S/C55H28N2O6/c1-4-7-9-11-13-15-17-19-21-23-25-27-29-31-33-35-37-39-41-46-53(58)62-50-51(49-57-48-44-43-45-52(56)55(60)61-6-3)63-54(59)47-42-40-38-36-34-32-30-28-26-24-22-20-18-16-14-12-10-8-5-2/h51-52,57H,6,43-45,48-50,56H2,1-3H3. The van der Waals surface area contributed by atoms with Crippen molar-refractivity contribution in [3.8, 4) is 237 Å². The lowest BCUT2D eigenvalue weighted by atomic mass is 10.1. The van der Waals surface area contributed by atoms with Crippen LogP contribution in [0.4, 0.5) is 0 Å². The van der Waals surface area contributed by atoms with Crippen LogP contribution in [0.1, 0.15) is 40.0 Å². The minimum Gasteiger partial charge on any atom is -0.465 e. The van der Waals surface area contributed by atoms with E-state index in [2.05, 4.69) is 242 Å². The van der Waals surface area contributed by atoms with E-state index >= 15 is 0 Å². The van der Waals surface area contributed by atoms with Crippen LogP contribution in [-0.4, -0.2) is 56.4 Å². The molecule has 0 aromatic carbocycles. The second-order valence-electron chi connectivity index (χ2n) is 9.93. The molecule has 0 aromatic rings. The van der Waals surface area contributed by atoms with Gasteiger partial charge in [0.15, 0.2) is 0 Å². The van der Waals surface area contributed by atoms with E-state index in [4.69, 9.17) is 19.9 Å². The summed E-state index contributed by atoms with van der Waals surface area (Å²) in [5, 5.41) is 3.09. The molecular formula is C55H28N2O6. The Hall–Kier alpha value is -10.5. The summed E-state index contributed by atoms with van der Waals surface area (Å²) in [5.41, 5.74) is 5.82. The third-order valence-corrected chi connectivity index (χ3v) is 5.46. The Morgan fingerprint density at radius 1 is 0.460 bits per heavy atom. The van der Waals surface area contributed by atoms with Crippen molar-refractivity contribution >= 4 is 17.9 Å². The summed E-state index contributed by atoms with van der Waals surface area (Å²) in [7, 11) is 0. The van der Waals surface area contributed by atoms with E-state index in [0.29, 0.717) is 25.8 Å². The summed E-state index contributed by atoms with van der Waals surface area (Å²) in [6.07, 6.45) is 0.766. The third-order valence-electron chi connectivity index (χ3n) is 5.46. The number of carbonyl (C=O) groups is 3. The van der Waals surface area contributed by atoms with E-state index < -0.39 is 30.1 Å². The first-order chi connectivity index (χ1) is 30.9. The smallest absolute Gasteiger partial charge is 0.385 e. The van der Waals surface area contributed by atoms with E-state index in [1.54, 1.807) is 20.8 Å². The number of nitrogens with one attached hydrogen (secondary N) is 1. The first kappa shape index (κ1) is 52.5. The lowest BCUT2D eigenvalue weighted by Crippen LogP contribution is -2.36. The monoisotopic (exact) mass is 812 g/mol. The number of hydrogen-bond donors (Lipinski definition) is 2. The van der Waals surface area contributed by atoms with E-state index in [-0.39, 0.29) is 19.8 Å². The van der Waals surface area contributed by atoms with Gasteiger partial charge in [-0.15, -0.1) is 0 Å². The van der Waals surface area contributed by atoms with Crippen LogP contribution in [0.3, 0.4) is 0 Å². The zero-order chi connectivity index (χ0) is 45.9. The van der Waals surface area contributed by atoms with E-state index in [0.717, 1.165) is 0 Å². The number of rotatable bonds is 12. The van der Waals surface area contributed by atoms with Gasteiger partial charge in [-0.2, -0.15) is 0 Å². The van der Waals surface area contributed by atoms with Gasteiger partial charge in [0.2, 0.25) is 0 Å². The Labute approximate surface area is 371 Å². The lowest BCUT2D eigenvalue weighted by Gasteiger charge is -2.17. The molecule has 294 valence electrons. The molecule has 0 aliphatic heterocycles. The van der Waals surface area contributed by atoms with Gasteiger partial charge < -0.3 is 25.3 Å². The topological polar surface area (TPSA) is 117 Å². The van der Waals surface area contributed by atoms with Crippen molar-refractivity contribution in [3.05, 3.63) is 0 Å². The highest BCUT2D eigenvalue weighted by molar-refractivity contribution is 5.90. The maximum atomic E-state index is 12.4. The summed E-state index contributed by atoms with van der Waals surface area (Å²) >= 11 is 0. The first-order valence-electron chi connectivity index (χ1n) is 17.8. The van der Waals surface area contributed by atoms with E-state index in [1.807, 2.05) is 0 Å². The molecule has 2 atom stereocenters. The van der Waals surface area contributed by atoms with E-state index in [1.165, 1.54) is 0 Å². The molecule has 2 unspecified atom stereocenters. The van der Waals surface area contributed by atoms with Gasteiger partial charge in [0.05, 0.1) is 6.61 Å². The second-order valence-corrected chi connectivity index (χ2v) is 9.93. The molecule has 0 saturated carbocycles. The Morgan fingerprint density at radius 3 is 1.14 bits per heavy atom. The highest BCUT2D eigenvalue weighted by Crippen LogP contribution is 2.01. The second kappa shape index (κ2) is 42.7. The summed E-state index contributed by atoms with van der Waals surface area (Å²) in [6.45, 7) is 5.52. The first-order valence-corrected chi connectivity index (χ1v) is 17.8. The molecule has 63 heavy (non-hydrogen) atoms. The molecule has 0 spiro atoms. The van der Waals surface area contributed by atoms with Gasteiger partial charge in [-0.3, -0.25) is 4.79 Å².